The van der Waals surface area contributed by atoms with Crippen molar-refractivity contribution in [1.82, 2.24) is 4.98 Å². The van der Waals surface area contributed by atoms with E-state index in [9.17, 15) is 0 Å². The van der Waals surface area contributed by atoms with Crippen molar-refractivity contribution >= 4 is 44.8 Å². The fraction of sp³-hybridized carbons (Fsp3) is 0. The van der Waals surface area contributed by atoms with Crippen LogP contribution in [0.4, 0.5) is 0 Å². The van der Waals surface area contributed by atoms with Gasteiger partial charge in [0.25, 0.3) is 0 Å². The fourth-order valence-electron chi connectivity index (χ4n) is 1.66. The second-order valence-corrected chi connectivity index (χ2v) is 5.44. The zero-order valence-corrected chi connectivity index (χ0v) is 10.8. The molecule has 17 heavy (non-hydrogen) atoms. The molecule has 1 aromatic rings. The van der Waals surface area contributed by atoms with E-state index in [0.717, 1.165) is 15.1 Å². The van der Waals surface area contributed by atoms with Gasteiger partial charge in [0.15, 0.2) is 0 Å². The molecule has 0 spiro atoms. The molecule has 84 valence electrons. The maximum atomic E-state index is 7.91. The molecular weight excluding hydrogens is 275 g/mol. The average Bonchev–Trinajstić information content (AvgIpc) is 2.34. The fourth-order valence-corrected chi connectivity index (χ4v) is 3.21. The van der Waals surface area contributed by atoms with E-state index in [0.29, 0.717) is 15.7 Å². The molecule has 1 aromatic carbocycles. The molecule has 1 aliphatic heterocycles. The van der Waals surface area contributed by atoms with Gasteiger partial charge in [-0.25, -0.2) is 4.98 Å². The summed E-state index contributed by atoms with van der Waals surface area (Å²) in [5.41, 5.74) is 1.42. The van der Waals surface area contributed by atoms with Crippen LogP contribution in [0.3, 0.4) is 0 Å². The van der Waals surface area contributed by atoms with E-state index >= 15 is 0 Å². The number of para-hydroxylation sites is 1. The Labute approximate surface area is 111 Å². The summed E-state index contributed by atoms with van der Waals surface area (Å²) in [5.74, 6) is 0. The third-order valence-corrected chi connectivity index (χ3v) is 4.36. The Balaban J connectivity index is 2.56. The number of rotatable bonds is 0. The first kappa shape index (κ1) is 11.0. The average molecular weight is 281 g/mol. The van der Waals surface area contributed by atoms with E-state index < -0.39 is 0 Å². The standard InChI is InChI=1S/C12H6Cl2N2S/c13-6-5-7(14)12-11(10(6)15)16-8-3-1-2-4-9(8)17-12/h1-5,15H. The topological polar surface area (TPSA) is 36.7 Å². The predicted molar refractivity (Wildman–Crippen MR) is 72.1 cm³/mol. The molecule has 0 radical (unpaired) electrons. The van der Waals surface area contributed by atoms with E-state index in [2.05, 4.69) is 4.98 Å². The molecule has 2 nitrogen and oxygen atoms in total. The Morgan fingerprint density at radius 2 is 1.88 bits per heavy atom. The molecule has 0 bridgehead atoms. The molecule has 1 heterocycles. The first-order valence-corrected chi connectivity index (χ1v) is 6.46. The Morgan fingerprint density at radius 3 is 2.71 bits per heavy atom. The predicted octanol–water partition coefficient (Wildman–Crippen LogP) is 4.19. The summed E-state index contributed by atoms with van der Waals surface area (Å²) in [5, 5.41) is 9.02. The summed E-state index contributed by atoms with van der Waals surface area (Å²) in [6.07, 6.45) is 0. The monoisotopic (exact) mass is 280 g/mol. The van der Waals surface area contributed by atoms with Crippen LogP contribution in [0.1, 0.15) is 0 Å². The lowest BCUT2D eigenvalue weighted by Crippen LogP contribution is -2.08. The number of benzene rings is 2. The molecule has 2 aliphatic rings. The van der Waals surface area contributed by atoms with Crippen LogP contribution in [-0.2, 0) is 0 Å². The lowest BCUT2D eigenvalue weighted by Gasteiger charge is -2.08. The van der Waals surface area contributed by atoms with Crippen molar-refractivity contribution in [2.75, 3.05) is 0 Å². The van der Waals surface area contributed by atoms with Gasteiger partial charge in [0.05, 0.1) is 30.5 Å². The molecule has 0 saturated heterocycles. The van der Waals surface area contributed by atoms with E-state index in [1.54, 1.807) is 6.07 Å². The van der Waals surface area contributed by atoms with Gasteiger partial charge in [-0.1, -0.05) is 35.3 Å². The summed E-state index contributed by atoms with van der Waals surface area (Å²) < 4.78 is 1.05. The summed E-state index contributed by atoms with van der Waals surface area (Å²) in [7, 11) is 0. The maximum Gasteiger partial charge on any atom is 0.109 e. The van der Waals surface area contributed by atoms with Gasteiger partial charge in [-0.05, 0) is 18.2 Å². The normalized spacial score (nSPS) is 11.2. The lowest BCUT2D eigenvalue weighted by molar-refractivity contribution is 1.23. The van der Waals surface area contributed by atoms with Crippen molar-refractivity contribution in [3.63, 3.8) is 0 Å². The molecule has 0 atom stereocenters. The van der Waals surface area contributed by atoms with E-state index in [-0.39, 0.29) is 5.36 Å². The van der Waals surface area contributed by atoms with Gasteiger partial charge in [-0.15, -0.1) is 11.3 Å². The molecule has 0 aromatic heterocycles. The number of nitrogens with one attached hydrogen (secondary N) is 1. The van der Waals surface area contributed by atoms with Crippen LogP contribution < -0.4 is 5.36 Å². The minimum atomic E-state index is 0.230. The van der Waals surface area contributed by atoms with Crippen molar-refractivity contribution in [2.24, 2.45) is 0 Å². The zero-order valence-electron chi connectivity index (χ0n) is 8.50. The van der Waals surface area contributed by atoms with Crippen molar-refractivity contribution in [1.29, 1.82) is 5.41 Å². The minimum Gasteiger partial charge on any atom is -0.297 e. The number of hydrogen-bond acceptors (Lipinski definition) is 3. The smallest absolute Gasteiger partial charge is 0.109 e. The number of hydrogen-bond donors (Lipinski definition) is 1. The molecule has 1 aliphatic carbocycles. The molecule has 0 saturated carbocycles. The quantitative estimate of drug-likeness (QED) is 0.616. The molecule has 1 N–H and O–H groups in total. The third-order valence-electron chi connectivity index (χ3n) is 2.47. The van der Waals surface area contributed by atoms with Gasteiger partial charge in [-0.3, -0.25) is 5.41 Å². The molecule has 5 heteroatoms. The summed E-state index contributed by atoms with van der Waals surface area (Å²) in [6.45, 7) is 0. The lowest BCUT2D eigenvalue weighted by atomic mass is 10.2. The highest BCUT2D eigenvalue weighted by atomic mass is 35.5. The molecule has 0 amide bonds. The molecule has 0 unspecified atom stereocenters. The first-order chi connectivity index (χ1) is 8.16. The first-order valence-electron chi connectivity index (χ1n) is 4.89. The highest BCUT2D eigenvalue weighted by Gasteiger charge is 2.15. The van der Waals surface area contributed by atoms with Gasteiger partial charge < -0.3 is 0 Å². The number of fused-ring (bicyclic) bond motifs is 2. The maximum absolute atomic E-state index is 7.91. The van der Waals surface area contributed by atoms with Crippen LogP contribution in [0, 0.1) is 5.41 Å². The van der Waals surface area contributed by atoms with Crippen LogP contribution in [0.5, 0.6) is 0 Å². The Kier molecular flexibility index (Phi) is 2.54. The number of aromatic nitrogens is 1. The summed E-state index contributed by atoms with van der Waals surface area (Å²) in [4.78, 5) is 5.26. The summed E-state index contributed by atoms with van der Waals surface area (Å²) in [6, 6.07) is 9.38. The Bertz CT molecular complexity index is 751. The van der Waals surface area contributed by atoms with Crippen LogP contribution in [0.2, 0.25) is 10.0 Å². The Morgan fingerprint density at radius 1 is 1.12 bits per heavy atom. The molecule has 0 fully saturated rings. The van der Waals surface area contributed by atoms with Gasteiger partial charge in [0, 0.05) is 0 Å². The SMILES string of the molecule is N=c1c(Cl)cc(Cl)c2sc3ccccc3nc1-2. The van der Waals surface area contributed by atoms with Gasteiger partial charge >= 0.3 is 0 Å². The van der Waals surface area contributed by atoms with Crippen molar-refractivity contribution < 1.29 is 0 Å². The van der Waals surface area contributed by atoms with E-state index in [1.807, 2.05) is 24.3 Å². The second kappa shape index (κ2) is 3.95. The van der Waals surface area contributed by atoms with Crippen LogP contribution in [-0.4, -0.2) is 4.98 Å². The molecule has 3 rings (SSSR count). The van der Waals surface area contributed by atoms with Crippen LogP contribution in [0.25, 0.3) is 20.8 Å². The van der Waals surface area contributed by atoms with Crippen LogP contribution >= 0.6 is 34.5 Å². The van der Waals surface area contributed by atoms with Crippen molar-refractivity contribution in [3.05, 3.63) is 45.7 Å². The minimum absolute atomic E-state index is 0.230. The highest BCUT2D eigenvalue weighted by Crippen LogP contribution is 2.35. The summed E-state index contributed by atoms with van der Waals surface area (Å²) >= 11 is 13.6. The second-order valence-electron chi connectivity index (χ2n) is 3.57. The largest absolute Gasteiger partial charge is 0.297 e. The van der Waals surface area contributed by atoms with Crippen molar-refractivity contribution in [2.45, 2.75) is 0 Å². The molecular formula is C12H6Cl2N2S. The van der Waals surface area contributed by atoms with Crippen LogP contribution in [0.15, 0.2) is 30.3 Å². The van der Waals surface area contributed by atoms with Crippen molar-refractivity contribution in [3.8, 4) is 10.6 Å². The van der Waals surface area contributed by atoms with E-state index in [4.69, 9.17) is 28.6 Å². The third kappa shape index (κ3) is 1.71. The number of nitrogens with zero attached hydrogens (tertiary/aromatic N) is 1. The van der Waals surface area contributed by atoms with E-state index in [1.165, 1.54) is 11.3 Å². The highest BCUT2D eigenvalue weighted by molar-refractivity contribution is 7.22. The zero-order chi connectivity index (χ0) is 12.0. The Hall–Kier alpha value is -1.16. The van der Waals surface area contributed by atoms with Gasteiger partial charge in [0.2, 0.25) is 0 Å². The number of halogens is 2. The van der Waals surface area contributed by atoms with Gasteiger partial charge in [0.1, 0.15) is 5.69 Å². The van der Waals surface area contributed by atoms with Gasteiger partial charge in [-0.2, -0.15) is 0 Å².